The Labute approximate surface area is 198 Å². The van der Waals surface area contributed by atoms with E-state index in [1.165, 1.54) is 18.2 Å². The fourth-order valence-corrected chi connectivity index (χ4v) is 4.73. The molecular formula is C26H28F2N4O2. The Balaban J connectivity index is 1.39. The molecule has 1 N–H and O–H groups in total. The Morgan fingerprint density at radius 1 is 1.15 bits per heavy atom. The van der Waals surface area contributed by atoms with Gasteiger partial charge in [-0.25, -0.2) is 8.78 Å². The number of nitrogens with one attached hydrogen (secondary N) is 1. The van der Waals surface area contributed by atoms with Crippen LogP contribution in [0.5, 0.6) is 0 Å². The largest absolute Gasteiger partial charge is 0.340 e. The number of piperazine rings is 1. The Morgan fingerprint density at radius 2 is 1.91 bits per heavy atom. The summed E-state index contributed by atoms with van der Waals surface area (Å²) in [5, 5.41) is 11.8. The Bertz CT molecular complexity index is 1120. The predicted octanol–water partition coefficient (Wildman–Crippen LogP) is 4.04. The molecule has 2 amide bonds. The zero-order valence-electron chi connectivity index (χ0n) is 19.2. The molecule has 2 aliphatic rings. The summed E-state index contributed by atoms with van der Waals surface area (Å²) in [7, 11) is 0. The molecule has 0 bridgehead atoms. The highest BCUT2D eigenvalue weighted by molar-refractivity contribution is 6.04. The minimum Gasteiger partial charge on any atom is -0.340 e. The molecule has 1 saturated heterocycles. The Morgan fingerprint density at radius 3 is 2.59 bits per heavy atom. The normalized spacial score (nSPS) is 20.7. The number of alkyl halides is 1. The van der Waals surface area contributed by atoms with Gasteiger partial charge in [-0.2, -0.15) is 5.26 Å². The molecule has 1 heterocycles. The van der Waals surface area contributed by atoms with E-state index < -0.39 is 17.9 Å². The van der Waals surface area contributed by atoms with Crippen molar-refractivity contribution < 1.29 is 18.4 Å². The van der Waals surface area contributed by atoms with Crippen LogP contribution in [0.25, 0.3) is 0 Å². The molecule has 0 spiro atoms. The highest BCUT2D eigenvalue weighted by atomic mass is 19.1. The lowest BCUT2D eigenvalue weighted by atomic mass is 10.0. The minimum atomic E-state index is -0.865. The molecule has 1 aliphatic carbocycles. The first-order chi connectivity index (χ1) is 16.3. The fraction of sp³-hybridized carbons (Fsp3) is 0.423. The topological polar surface area (TPSA) is 76.4 Å². The van der Waals surface area contributed by atoms with Crippen molar-refractivity contribution in [2.24, 2.45) is 5.92 Å². The molecule has 2 unspecified atom stereocenters. The summed E-state index contributed by atoms with van der Waals surface area (Å²) in [5.41, 5.74) is 2.62. The van der Waals surface area contributed by atoms with Gasteiger partial charge in [0.1, 0.15) is 12.0 Å². The van der Waals surface area contributed by atoms with Crippen molar-refractivity contribution in [1.29, 1.82) is 5.26 Å². The zero-order chi connectivity index (χ0) is 24.2. The lowest BCUT2D eigenvalue weighted by Gasteiger charge is -2.36. The number of carbonyl (C=O) groups is 2. The van der Waals surface area contributed by atoms with Gasteiger partial charge in [0, 0.05) is 49.9 Å². The molecule has 34 heavy (non-hydrogen) atoms. The van der Waals surface area contributed by atoms with Crippen LogP contribution in [0.4, 0.5) is 14.5 Å². The van der Waals surface area contributed by atoms with Crippen molar-refractivity contribution in [3.63, 3.8) is 0 Å². The molecule has 1 aliphatic heterocycles. The van der Waals surface area contributed by atoms with Crippen LogP contribution in [0, 0.1) is 30.0 Å². The summed E-state index contributed by atoms with van der Waals surface area (Å²) >= 11 is 0. The highest BCUT2D eigenvalue weighted by Gasteiger charge is 2.33. The molecular weight excluding hydrogens is 438 g/mol. The van der Waals surface area contributed by atoms with Gasteiger partial charge in [-0.15, -0.1) is 0 Å². The van der Waals surface area contributed by atoms with E-state index in [1.54, 1.807) is 18.2 Å². The molecule has 1 saturated carbocycles. The van der Waals surface area contributed by atoms with Crippen LogP contribution in [0.15, 0.2) is 36.4 Å². The molecule has 178 valence electrons. The lowest BCUT2D eigenvalue weighted by molar-refractivity contribution is -0.137. The third-order valence-corrected chi connectivity index (χ3v) is 6.78. The van der Waals surface area contributed by atoms with E-state index in [9.17, 15) is 18.4 Å². The Hall–Kier alpha value is -3.31. The highest BCUT2D eigenvalue weighted by Crippen LogP contribution is 2.30. The molecule has 2 aromatic rings. The Kier molecular flexibility index (Phi) is 7.23. The van der Waals surface area contributed by atoms with Crippen molar-refractivity contribution in [2.75, 3.05) is 31.5 Å². The number of hydrogen-bond acceptors (Lipinski definition) is 4. The number of carbonyl (C=O) groups excluding carboxylic acids is 2. The summed E-state index contributed by atoms with van der Waals surface area (Å²) in [6.45, 7) is 4.77. The average molecular weight is 467 g/mol. The summed E-state index contributed by atoms with van der Waals surface area (Å²) in [6.07, 6.45) is 0.559. The van der Waals surface area contributed by atoms with Gasteiger partial charge in [0.15, 0.2) is 0 Å². The van der Waals surface area contributed by atoms with E-state index in [4.69, 9.17) is 5.26 Å². The maximum atomic E-state index is 14.4. The zero-order valence-corrected chi connectivity index (χ0v) is 19.2. The van der Waals surface area contributed by atoms with Crippen LogP contribution in [0.2, 0.25) is 0 Å². The first-order valence-corrected chi connectivity index (χ1v) is 11.6. The molecule has 2 atom stereocenters. The van der Waals surface area contributed by atoms with Crippen molar-refractivity contribution >= 4 is 17.5 Å². The van der Waals surface area contributed by atoms with E-state index in [1.807, 2.05) is 17.9 Å². The van der Waals surface area contributed by atoms with Crippen LogP contribution >= 0.6 is 0 Å². The van der Waals surface area contributed by atoms with Crippen LogP contribution in [0.1, 0.15) is 46.3 Å². The summed E-state index contributed by atoms with van der Waals surface area (Å²) in [4.78, 5) is 29.3. The van der Waals surface area contributed by atoms with Crippen molar-refractivity contribution in [3.8, 4) is 6.07 Å². The molecule has 2 aromatic carbocycles. The number of rotatable bonds is 5. The maximum absolute atomic E-state index is 14.4. The number of nitriles is 1. The van der Waals surface area contributed by atoms with E-state index in [0.29, 0.717) is 68.8 Å². The monoisotopic (exact) mass is 466 g/mol. The van der Waals surface area contributed by atoms with Gasteiger partial charge in [-0.1, -0.05) is 6.07 Å². The summed E-state index contributed by atoms with van der Waals surface area (Å²) in [6, 6.07) is 11.1. The standard InChI is InChI=1S/C26H28F2N4O2/c1-17-21(16-31-7-9-32(10-8-31)26(34)20-5-6-22(27)12-20)13-23(28)14-24(17)30-25(33)19-4-2-3-18(11-19)15-29/h2-4,11,13-14,20,22H,5-10,12,16H2,1H3,(H,30,33). The number of benzene rings is 2. The minimum absolute atomic E-state index is 0.0483. The van der Waals surface area contributed by atoms with Gasteiger partial charge in [-0.3, -0.25) is 14.5 Å². The molecule has 4 rings (SSSR count). The van der Waals surface area contributed by atoms with E-state index in [0.717, 1.165) is 11.1 Å². The lowest BCUT2D eigenvalue weighted by Crippen LogP contribution is -2.49. The van der Waals surface area contributed by atoms with Crippen LogP contribution < -0.4 is 5.32 Å². The molecule has 2 fully saturated rings. The SMILES string of the molecule is Cc1c(CN2CCN(C(=O)C3CCC(F)C3)CC2)cc(F)cc1NC(=O)c1cccc(C#N)c1. The number of hydrogen-bond donors (Lipinski definition) is 1. The van der Waals surface area contributed by atoms with E-state index in [2.05, 4.69) is 10.2 Å². The quantitative estimate of drug-likeness (QED) is 0.722. The van der Waals surface area contributed by atoms with E-state index in [-0.39, 0.29) is 11.8 Å². The van der Waals surface area contributed by atoms with Crippen LogP contribution in [-0.4, -0.2) is 54.0 Å². The maximum Gasteiger partial charge on any atom is 0.255 e. The first kappa shape index (κ1) is 23.8. The smallest absolute Gasteiger partial charge is 0.255 e. The second kappa shape index (κ2) is 10.3. The number of amides is 2. The number of halogens is 2. The van der Waals surface area contributed by atoms with Crippen molar-refractivity contribution in [1.82, 2.24) is 9.80 Å². The molecule has 6 nitrogen and oxygen atoms in total. The van der Waals surface area contributed by atoms with Crippen LogP contribution in [-0.2, 0) is 11.3 Å². The van der Waals surface area contributed by atoms with E-state index >= 15 is 0 Å². The van der Waals surface area contributed by atoms with Gasteiger partial charge in [0.25, 0.3) is 5.91 Å². The second-order valence-electron chi connectivity index (χ2n) is 9.09. The van der Waals surface area contributed by atoms with Gasteiger partial charge in [-0.05, 0) is 67.6 Å². The van der Waals surface area contributed by atoms with Gasteiger partial charge in [0.05, 0.1) is 11.6 Å². The molecule has 8 heteroatoms. The van der Waals surface area contributed by atoms with Crippen molar-refractivity contribution in [2.45, 2.75) is 38.9 Å². The summed E-state index contributed by atoms with van der Waals surface area (Å²) < 4.78 is 27.9. The van der Waals surface area contributed by atoms with Gasteiger partial charge < -0.3 is 10.2 Å². The van der Waals surface area contributed by atoms with Crippen molar-refractivity contribution in [3.05, 3.63) is 64.5 Å². The number of nitrogens with zero attached hydrogens (tertiary/aromatic N) is 3. The third-order valence-electron chi connectivity index (χ3n) is 6.78. The third kappa shape index (κ3) is 5.42. The fourth-order valence-electron chi connectivity index (χ4n) is 4.73. The van der Waals surface area contributed by atoms with Gasteiger partial charge >= 0.3 is 0 Å². The average Bonchev–Trinajstić information content (AvgIpc) is 3.28. The molecule has 0 radical (unpaired) electrons. The second-order valence-corrected chi connectivity index (χ2v) is 9.09. The summed E-state index contributed by atoms with van der Waals surface area (Å²) in [5.74, 6) is -1.01. The van der Waals surface area contributed by atoms with Crippen LogP contribution in [0.3, 0.4) is 0 Å². The predicted molar refractivity (Wildman–Crippen MR) is 124 cm³/mol. The number of anilines is 1. The van der Waals surface area contributed by atoms with Gasteiger partial charge in [0.2, 0.25) is 5.91 Å². The first-order valence-electron chi connectivity index (χ1n) is 11.6. The molecule has 0 aromatic heterocycles.